The maximum absolute atomic E-state index is 13.4. The summed E-state index contributed by atoms with van der Waals surface area (Å²) in [6.45, 7) is 2.46. The highest BCUT2D eigenvalue weighted by Gasteiger charge is 2.48. The number of esters is 1. The minimum atomic E-state index is -3.75. The van der Waals surface area contributed by atoms with Crippen LogP contribution in [0.3, 0.4) is 0 Å². The van der Waals surface area contributed by atoms with Crippen molar-refractivity contribution in [2.75, 3.05) is 26.7 Å². The van der Waals surface area contributed by atoms with E-state index in [0.717, 1.165) is 11.1 Å². The van der Waals surface area contributed by atoms with Gasteiger partial charge in [-0.25, -0.2) is 18.0 Å². The van der Waals surface area contributed by atoms with Gasteiger partial charge in [0.15, 0.2) is 0 Å². The Kier molecular flexibility index (Phi) is 7.28. The van der Waals surface area contributed by atoms with E-state index in [1.54, 1.807) is 30.3 Å². The van der Waals surface area contributed by atoms with E-state index in [1.165, 1.54) is 16.3 Å². The average molecular weight is 499 g/mol. The zero-order valence-corrected chi connectivity index (χ0v) is 20.8. The molecule has 1 spiro atoms. The van der Waals surface area contributed by atoms with Crippen LogP contribution in [0.5, 0.6) is 0 Å². The molecule has 0 N–H and O–H groups in total. The number of amides is 1. The summed E-state index contributed by atoms with van der Waals surface area (Å²) in [4.78, 5) is 27.3. The summed E-state index contributed by atoms with van der Waals surface area (Å²) in [5, 5.41) is 0. The van der Waals surface area contributed by atoms with Crippen molar-refractivity contribution >= 4 is 22.1 Å². The smallest absolute Gasteiger partial charge is 0.410 e. The van der Waals surface area contributed by atoms with Crippen molar-refractivity contribution in [2.24, 2.45) is 0 Å². The summed E-state index contributed by atoms with van der Waals surface area (Å²) in [5.74, 6) is -0.513. The van der Waals surface area contributed by atoms with Crippen molar-refractivity contribution in [3.8, 4) is 0 Å². The molecule has 1 atom stereocenters. The molecular formula is C26H30N2O6S. The zero-order chi connectivity index (χ0) is 25.1. The number of nitrogens with zero attached hydrogens (tertiary/aromatic N) is 2. The molecule has 8 nitrogen and oxygen atoms in total. The summed E-state index contributed by atoms with van der Waals surface area (Å²) in [5.41, 5.74) is 1.34. The molecule has 0 bridgehead atoms. The zero-order valence-electron chi connectivity index (χ0n) is 20.0. The number of carbonyl (C=O) groups is 2. The predicted octanol–water partition coefficient (Wildman–Crippen LogP) is 3.66. The number of piperidine rings is 1. The molecule has 0 saturated carbocycles. The quantitative estimate of drug-likeness (QED) is 0.584. The minimum absolute atomic E-state index is 0.00127. The fraction of sp³-hybridized carbons (Fsp3) is 0.385. The van der Waals surface area contributed by atoms with Crippen molar-refractivity contribution in [2.45, 2.75) is 43.2 Å². The molecule has 186 valence electrons. The molecule has 9 heteroatoms. The first-order chi connectivity index (χ1) is 16.7. The summed E-state index contributed by atoms with van der Waals surface area (Å²) in [6, 6.07) is 16.1. The molecule has 1 saturated heterocycles. The minimum Gasteiger partial charge on any atom is -0.466 e. The fourth-order valence-corrected chi connectivity index (χ4v) is 6.24. The van der Waals surface area contributed by atoms with Crippen molar-refractivity contribution in [3.05, 3.63) is 77.4 Å². The van der Waals surface area contributed by atoms with Gasteiger partial charge >= 0.3 is 12.1 Å². The van der Waals surface area contributed by atoms with Crippen molar-refractivity contribution in [1.82, 2.24) is 9.21 Å². The Morgan fingerprint density at radius 3 is 2.46 bits per heavy atom. The largest absolute Gasteiger partial charge is 0.466 e. The number of hydrogen-bond acceptors (Lipinski definition) is 6. The van der Waals surface area contributed by atoms with Gasteiger partial charge in [-0.15, -0.1) is 0 Å². The molecule has 1 fully saturated rings. The first-order valence-electron chi connectivity index (χ1n) is 11.6. The number of carbonyl (C=O) groups excluding carboxylic acids is 2. The summed E-state index contributed by atoms with van der Waals surface area (Å²) in [6.07, 6.45) is 2.68. The number of benzene rings is 2. The van der Waals surface area contributed by atoms with Crippen molar-refractivity contribution < 1.29 is 27.5 Å². The lowest BCUT2D eigenvalue weighted by molar-refractivity contribution is -0.136. The van der Waals surface area contributed by atoms with Crippen LogP contribution >= 0.6 is 0 Å². The predicted molar refractivity (Wildman–Crippen MR) is 130 cm³/mol. The highest BCUT2D eigenvalue weighted by Crippen LogP contribution is 2.38. The van der Waals surface area contributed by atoms with Gasteiger partial charge in [-0.2, -0.15) is 4.31 Å². The molecule has 0 radical (unpaired) electrons. The van der Waals surface area contributed by atoms with Crippen molar-refractivity contribution in [1.29, 1.82) is 0 Å². The molecule has 0 aromatic heterocycles. The Morgan fingerprint density at radius 2 is 1.77 bits per heavy atom. The number of methoxy groups -OCH3 is 1. The lowest BCUT2D eigenvalue weighted by atomic mass is 9.81. The van der Waals surface area contributed by atoms with Crippen LogP contribution in [0.2, 0.25) is 0 Å². The van der Waals surface area contributed by atoms with E-state index in [-0.39, 0.29) is 24.6 Å². The van der Waals surface area contributed by atoms with E-state index in [2.05, 4.69) is 0 Å². The van der Waals surface area contributed by atoms with Crippen LogP contribution in [0.1, 0.15) is 30.4 Å². The maximum atomic E-state index is 13.4. The van der Waals surface area contributed by atoms with Crippen LogP contribution < -0.4 is 0 Å². The highest BCUT2D eigenvalue weighted by molar-refractivity contribution is 7.89. The van der Waals surface area contributed by atoms with E-state index < -0.39 is 27.6 Å². The van der Waals surface area contributed by atoms with Crippen LogP contribution in [0, 0.1) is 6.92 Å². The molecule has 0 aliphatic carbocycles. The van der Waals surface area contributed by atoms with Gasteiger partial charge in [0.25, 0.3) is 0 Å². The van der Waals surface area contributed by atoms with Crippen LogP contribution in [0.25, 0.3) is 0 Å². The number of aryl methyl sites for hydroxylation is 1. The normalized spacial score (nSPS) is 20.9. The monoisotopic (exact) mass is 498 g/mol. The van der Waals surface area contributed by atoms with Gasteiger partial charge in [-0.1, -0.05) is 54.1 Å². The molecule has 4 rings (SSSR count). The van der Waals surface area contributed by atoms with Gasteiger partial charge in [0.05, 0.1) is 29.7 Å². The third-order valence-electron chi connectivity index (χ3n) is 6.68. The molecule has 2 aromatic carbocycles. The summed E-state index contributed by atoms with van der Waals surface area (Å²) in [7, 11) is -2.46. The Morgan fingerprint density at radius 1 is 1.06 bits per heavy atom. The second-order valence-electron chi connectivity index (χ2n) is 9.03. The average Bonchev–Trinajstić information content (AvgIpc) is 2.88. The van der Waals surface area contributed by atoms with Crippen LogP contribution in [-0.4, -0.2) is 62.0 Å². The molecule has 2 aromatic rings. The Labute approximate surface area is 206 Å². The van der Waals surface area contributed by atoms with E-state index in [1.807, 2.05) is 37.3 Å². The van der Waals surface area contributed by atoms with Crippen molar-refractivity contribution in [3.63, 3.8) is 0 Å². The SMILES string of the molecule is COC(=O)C1=CCC2(CCCN(S(=O)(=O)c3ccc(C)cc3)C2)N(C(=O)OCc2ccccc2)C1. The van der Waals surface area contributed by atoms with Crippen LogP contribution in [0.4, 0.5) is 4.79 Å². The molecule has 2 aliphatic heterocycles. The van der Waals surface area contributed by atoms with Gasteiger partial charge in [-0.3, -0.25) is 4.90 Å². The second kappa shape index (κ2) is 10.2. The van der Waals surface area contributed by atoms with Gasteiger partial charge in [0.1, 0.15) is 6.61 Å². The maximum Gasteiger partial charge on any atom is 0.410 e. The van der Waals surface area contributed by atoms with E-state index in [9.17, 15) is 18.0 Å². The van der Waals surface area contributed by atoms with E-state index in [0.29, 0.717) is 31.4 Å². The Bertz CT molecular complexity index is 1210. The molecule has 35 heavy (non-hydrogen) atoms. The van der Waals surface area contributed by atoms with Gasteiger partial charge in [0, 0.05) is 13.1 Å². The van der Waals surface area contributed by atoms with E-state index >= 15 is 0 Å². The topological polar surface area (TPSA) is 93.2 Å². The van der Waals surface area contributed by atoms with Crippen LogP contribution in [0.15, 0.2) is 71.1 Å². The Balaban J connectivity index is 1.61. The lowest BCUT2D eigenvalue weighted by Gasteiger charge is -2.50. The molecule has 2 heterocycles. The fourth-order valence-electron chi connectivity index (χ4n) is 4.68. The third kappa shape index (κ3) is 5.26. The number of hydrogen-bond donors (Lipinski definition) is 0. The number of rotatable bonds is 5. The van der Waals surface area contributed by atoms with Crippen LogP contribution in [-0.2, 0) is 30.9 Å². The molecule has 1 amide bonds. The number of sulfonamides is 1. The van der Waals surface area contributed by atoms with E-state index in [4.69, 9.17) is 9.47 Å². The highest BCUT2D eigenvalue weighted by atomic mass is 32.2. The lowest BCUT2D eigenvalue weighted by Crippen LogP contribution is -2.63. The first kappa shape index (κ1) is 24.9. The molecule has 1 unspecified atom stereocenters. The molecular weight excluding hydrogens is 468 g/mol. The Hall–Kier alpha value is -3.17. The van der Waals surface area contributed by atoms with Gasteiger partial charge in [-0.05, 0) is 43.9 Å². The molecule has 2 aliphatic rings. The van der Waals surface area contributed by atoms with Gasteiger partial charge in [0.2, 0.25) is 10.0 Å². The standard InChI is InChI=1S/C26H30N2O6S/c1-20-9-11-23(12-10-20)35(31,32)27-16-6-14-26(19-27)15-13-22(24(29)33-2)17-28(26)25(30)34-18-21-7-4-3-5-8-21/h3-5,7-13H,6,14-19H2,1-2H3. The summed E-state index contributed by atoms with van der Waals surface area (Å²) >= 11 is 0. The number of ether oxygens (including phenoxy) is 2. The summed E-state index contributed by atoms with van der Waals surface area (Å²) < 4.78 is 38.8. The second-order valence-corrected chi connectivity index (χ2v) is 11.0. The van der Waals surface area contributed by atoms with Gasteiger partial charge < -0.3 is 9.47 Å². The first-order valence-corrected chi connectivity index (χ1v) is 13.0. The third-order valence-corrected chi connectivity index (χ3v) is 8.54.